The fraction of sp³-hybridized carbons (Fsp3) is 0.0714. The molecule has 0 radical (unpaired) electrons. The SMILES string of the molecule is Cc1ccc(Oc2ccc(/C(N)=N/O)cc2Br)c(Cl)c1. The van der Waals surface area contributed by atoms with E-state index in [0.29, 0.717) is 26.6 Å². The molecule has 2 aromatic carbocycles. The molecular weight excluding hydrogens is 344 g/mol. The molecule has 0 aliphatic carbocycles. The summed E-state index contributed by atoms with van der Waals surface area (Å²) in [5.74, 6) is 1.19. The van der Waals surface area contributed by atoms with E-state index in [0.717, 1.165) is 5.56 Å². The van der Waals surface area contributed by atoms with Crippen LogP contribution < -0.4 is 10.5 Å². The predicted molar refractivity (Wildman–Crippen MR) is 82.9 cm³/mol. The summed E-state index contributed by atoms with van der Waals surface area (Å²) in [4.78, 5) is 0. The Morgan fingerprint density at radius 1 is 1.25 bits per heavy atom. The number of nitrogens with two attached hydrogens (primary N) is 1. The van der Waals surface area contributed by atoms with Crippen LogP contribution in [0.5, 0.6) is 11.5 Å². The number of rotatable bonds is 3. The van der Waals surface area contributed by atoms with Crippen LogP contribution in [0.3, 0.4) is 0 Å². The molecule has 0 unspecified atom stereocenters. The first-order valence-corrected chi connectivity index (χ1v) is 6.90. The van der Waals surface area contributed by atoms with Crippen LogP contribution in [0, 0.1) is 6.92 Å². The van der Waals surface area contributed by atoms with Crippen LogP contribution in [0.25, 0.3) is 0 Å². The second-order valence-corrected chi connectivity index (χ2v) is 5.43. The zero-order valence-corrected chi connectivity index (χ0v) is 12.9. The standard InChI is InChI=1S/C14H12BrClN2O2/c1-8-2-4-13(11(16)6-8)20-12-5-3-9(7-10(12)15)14(17)18-19/h2-7,19H,1H3,(H2,17,18). The summed E-state index contributed by atoms with van der Waals surface area (Å²) >= 11 is 9.50. The number of amidine groups is 1. The topological polar surface area (TPSA) is 67.8 Å². The molecule has 6 heteroatoms. The van der Waals surface area contributed by atoms with E-state index in [1.165, 1.54) is 0 Å². The molecule has 0 bridgehead atoms. The fourth-order valence-electron chi connectivity index (χ4n) is 1.61. The van der Waals surface area contributed by atoms with Crippen molar-refractivity contribution in [1.29, 1.82) is 0 Å². The number of benzene rings is 2. The summed E-state index contributed by atoms with van der Waals surface area (Å²) in [6.07, 6.45) is 0. The molecule has 0 spiro atoms. The highest BCUT2D eigenvalue weighted by Crippen LogP contribution is 2.34. The summed E-state index contributed by atoms with van der Waals surface area (Å²) in [6.45, 7) is 1.96. The average Bonchev–Trinajstić information content (AvgIpc) is 2.42. The summed E-state index contributed by atoms with van der Waals surface area (Å²) in [5.41, 5.74) is 7.17. The lowest BCUT2D eigenvalue weighted by molar-refractivity contribution is 0.318. The van der Waals surface area contributed by atoms with Gasteiger partial charge in [0.1, 0.15) is 11.5 Å². The third kappa shape index (κ3) is 3.23. The van der Waals surface area contributed by atoms with Crippen molar-refractivity contribution in [2.75, 3.05) is 0 Å². The second-order valence-electron chi connectivity index (χ2n) is 4.17. The van der Waals surface area contributed by atoms with Crippen LogP contribution in [0.1, 0.15) is 11.1 Å². The molecule has 104 valence electrons. The highest BCUT2D eigenvalue weighted by atomic mass is 79.9. The van der Waals surface area contributed by atoms with Crippen LogP contribution in [-0.2, 0) is 0 Å². The summed E-state index contributed by atoms with van der Waals surface area (Å²) in [6, 6.07) is 10.7. The van der Waals surface area contributed by atoms with Gasteiger partial charge in [0.15, 0.2) is 5.84 Å². The van der Waals surface area contributed by atoms with E-state index in [2.05, 4.69) is 21.1 Å². The minimum atomic E-state index is 0.0330. The number of hydrogen-bond donors (Lipinski definition) is 2. The van der Waals surface area contributed by atoms with Crippen molar-refractivity contribution in [3.05, 3.63) is 57.0 Å². The van der Waals surface area contributed by atoms with Gasteiger partial charge in [-0.3, -0.25) is 0 Å². The number of ether oxygens (including phenoxy) is 1. The average molecular weight is 356 g/mol. The maximum atomic E-state index is 8.64. The number of nitrogens with zero attached hydrogens (tertiary/aromatic N) is 1. The second kappa shape index (κ2) is 6.15. The molecule has 4 nitrogen and oxygen atoms in total. The molecule has 20 heavy (non-hydrogen) atoms. The Balaban J connectivity index is 2.30. The molecule has 0 saturated heterocycles. The third-order valence-corrected chi connectivity index (χ3v) is 3.56. The van der Waals surface area contributed by atoms with Gasteiger partial charge in [-0.15, -0.1) is 0 Å². The van der Waals surface area contributed by atoms with E-state index in [9.17, 15) is 0 Å². The number of halogens is 2. The summed E-state index contributed by atoms with van der Waals surface area (Å²) in [7, 11) is 0. The smallest absolute Gasteiger partial charge is 0.170 e. The fourth-order valence-corrected chi connectivity index (χ4v) is 2.34. The van der Waals surface area contributed by atoms with Crippen LogP contribution >= 0.6 is 27.5 Å². The molecule has 0 aromatic heterocycles. The van der Waals surface area contributed by atoms with Gasteiger partial charge in [-0.25, -0.2) is 0 Å². The number of aryl methyl sites for hydroxylation is 1. The first kappa shape index (κ1) is 14.7. The molecule has 0 aliphatic heterocycles. The minimum absolute atomic E-state index is 0.0330. The van der Waals surface area contributed by atoms with Crippen molar-refractivity contribution < 1.29 is 9.94 Å². The molecule has 0 atom stereocenters. The van der Waals surface area contributed by atoms with Crippen LogP contribution in [0.4, 0.5) is 0 Å². The normalized spacial score (nSPS) is 11.4. The lowest BCUT2D eigenvalue weighted by Gasteiger charge is -2.10. The van der Waals surface area contributed by atoms with Gasteiger partial charge in [-0.1, -0.05) is 22.8 Å². The molecule has 0 heterocycles. The highest BCUT2D eigenvalue weighted by Gasteiger charge is 2.09. The molecular formula is C14H12BrClN2O2. The molecule has 0 amide bonds. The first-order valence-electron chi connectivity index (χ1n) is 5.72. The van der Waals surface area contributed by atoms with Crippen molar-refractivity contribution in [3.63, 3.8) is 0 Å². The van der Waals surface area contributed by atoms with Gasteiger partial charge >= 0.3 is 0 Å². The van der Waals surface area contributed by atoms with Gasteiger partial charge in [-0.2, -0.15) is 0 Å². The largest absolute Gasteiger partial charge is 0.455 e. The maximum absolute atomic E-state index is 8.64. The van der Waals surface area contributed by atoms with Gasteiger partial charge in [0.2, 0.25) is 0 Å². The van der Waals surface area contributed by atoms with Gasteiger partial charge in [0.05, 0.1) is 9.50 Å². The van der Waals surface area contributed by atoms with E-state index < -0.39 is 0 Å². The predicted octanol–water partition coefficient (Wildman–Crippen LogP) is 4.30. The summed E-state index contributed by atoms with van der Waals surface area (Å²) in [5, 5.41) is 12.1. The maximum Gasteiger partial charge on any atom is 0.170 e. The minimum Gasteiger partial charge on any atom is -0.455 e. The van der Waals surface area contributed by atoms with Gasteiger partial charge in [0, 0.05) is 5.56 Å². The molecule has 2 rings (SSSR count). The Morgan fingerprint density at radius 3 is 2.55 bits per heavy atom. The Kier molecular flexibility index (Phi) is 4.52. The van der Waals surface area contributed by atoms with Crippen LogP contribution in [0.2, 0.25) is 5.02 Å². The summed E-state index contributed by atoms with van der Waals surface area (Å²) < 4.78 is 6.42. The highest BCUT2D eigenvalue weighted by molar-refractivity contribution is 9.10. The number of oxime groups is 1. The Morgan fingerprint density at radius 2 is 1.95 bits per heavy atom. The van der Waals surface area contributed by atoms with E-state index in [4.69, 9.17) is 27.3 Å². The van der Waals surface area contributed by atoms with Crippen molar-refractivity contribution in [3.8, 4) is 11.5 Å². The van der Waals surface area contributed by atoms with Crippen molar-refractivity contribution in [1.82, 2.24) is 0 Å². The number of hydrogen-bond acceptors (Lipinski definition) is 3. The van der Waals surface area contributed by atoms with E-state index in [1.807, 2.05) is 25.1 Å². The van der Waals surface area contributed by atoms with Gasteiger partial charge in [-0.05, 0) is 58.7 Å². The third-order valence-electron chi connectivity index (χ3n) is 2.64. The van der Waals surface area contributed by atoms with Gasteiger partial charge < -0.3 is 15.7 Å². The van der Waals surface area contributed by atoms with Crippen molar-refractivity contribution in [2.45, 2.75) is 6.92 Å². The Bertz CT molecular complexity index is 674. The zero-order valence-electron chi connectivity index (χ0n) is 10.6. The molecule has 2 aromatic rings. The van der Waals surface area contributed by atoms with E-state index in [-0.39, 0.29) is 5.84 Å². The van der Waals surface area contributed by atoms with Crippen molar-refractivity contribution >= 4 is 33.4 Å². The first-order chi connectivity index (χ1) is 9.51. The molecule has 0 aliphatic rings. The lowest BCUT2D eigenvalue weighted by Crippen LogP contribution is -2.12. The van der Waals surface area contributed by atoms with Gasteiger partial charge in [0.25, 0.3) is 0 Å². The molecule has 3 N–H and O–H groups in total. The molecule has 0 fully saturated rings. The quantitative estimate of drug-likeness (QED) is 0.373. The van der Waals surface area contributed by atoms with Crippen LogP contribution in [0.15, 0.2) is 46.0 Å². The molecule has 0 saturated carbocycles. The zero-order chi connectivity index (χ0) is 14.7. The van der Waals surface area contributed by atoms with E-state index >= 15 is 0 Å². The van der Waals surface area contributed by atoms with Crippen molar-refractivity contribution in [2.24, 2.45) is 10.9 Å². The van der Waals surface area contributed by atoms with Crippen LogP contribution in [-0.4, -0.2) is 11.0 Å². The Hall–Kier alpha value is -1.72. The Labute approximate surface area is 129 Å². The monoisotopic (exact) mass is 354 g/mol. The van der Waals surface area contributed by atoms with E-state index in [1.54, 1.807) is 18.2 Å². The lowest BCUT2D eigenvalue weighted by atomic mass is 10.2.